The van der Waals surface area contributed by atoms with Crippen LogP contribution in [0, 0.1) is 17.8 Å². The molecule has 0 amide bonds. The molecule has 3 N–H and O–H groups in total. The van der Waals surface area contributed by atoms with Crippen molar-refractivity contribution in [2.45, 2.75) is 52.7 Å². The fraction of sp³-hybridized carbons (Fsp3) is 0.846. The number of hydrogen-bond donors (Lipinski definition) is 2. The molecule has 1 aromatic rings. The molecule has 3 atom stereocenters. The minimum Gasteiger partial charge on any atom is -0.371 e. The Morgan fingerprint density at radius 3 is 2.84 bits per heavy atom. The molecule has 3 unspecified atom stereocenters. The highest BCUT2D eigenvalue weighted by molar-refractivity contribution is 7.15. The average Bonchev–Trinajstić information content (AvgIpc) is 2.84. The molecule has 0 bridgehead atoms. The van der Waals surface area contributed by atoms with Crippen LogP contribution in [0.4, 0.5) is 5.13 Å². The Kier molecular flexibility index (Phi) is 5.13. The smallest absolute Gasteiger partial charge is 0.219 e. The third-order valence-corrected chi connectivity index (χ3v) is 4.80. The first-order valence-corrected chi connectivity index (χ1v) is 7.82. The van der Waals surface area contributed by atoms with E-state index >= 15 is 0 Å². The third-order valence-electron chi connectivity index (χ3n) is 3.97. The van der Waals surface area contributed by atoms with E-state index in [0.717, 1.165) is 17.3 Å². The van der Waals surface area contributed by atoms with Gasteiger partial charge in [-0.3, -0.25) is 5.43 Å². The molecule has 1 aromatic heterocycles. The largest absolute Gasteiger partial charge is 0.371 e. The van der Waals surface area contributed by atoms with Crippen LogP contribution < -0.4 is 11.3 Å². The van der Waals surface area contributed by atoms with Crippen LogP contribution in [0.15, 0.2) is 0 Å². The molecule has 19 heavy (non-hydrogen) atoms. The van der Waals surface area contributed by atoms with Gasteiger partial charge in [0.1, 0.15) is 11.6 Å². The van der Waals surface area contributed by atoms with Crippen molar-refractivity contribution in [3.8, 4) is 0 Å². The number of hydrazine groups is 1. The van der Waals surface area contributed by atoms with E-state index in [4.69, 9.17) is 10.6 Å². The fourth-order valence-corrected chi connectivity index (χ4v) is 3.43. The van der Waals surface area contributed by atoms with Crippen LogP contribution in [-0.2, 0) is 11.3 Å². The van der Waals surface area contributed by atoms with Gasteiger partial charge in [0.25, 0.3) is 0 Å². The molecule has 1 heterocycles. The molecule has 1 aliphatic rings. The maximum Gasteiger partial charge on any atom is 0.219 e. The molecule has 2 rings (SSSR count). The van der Waals surface area contributed by atoms with Crippen molar-refractivity contribution < 1.29 is 4.74 Å². The van der Waals surface area contributed by atoms with Gasteiger partial charge in [-0.2, -0.15) is 0 Å². The van der Waals surface area contributed by atoms with E-state index in [2.05, 4.69) is 36.4 Å². The minimum absolute atomic E-state index is 0.349. The summed E-state index contributed by atoms with van der Waals surface area (Å²) in [4.78, 5) is 0. The van der Waals surface area contributed by atoms with E-state index in [1.165, 1.54) is 24.2 Å². The summed E-state index contributed by atoms with van der Waals surface area (Å²) in [6.45, 7) is 7.44. The quantitative estimate of drug-likeness (QED) is 0.642. The van der Waals surface area contributed by atoms with Gasteiger partial charge in [0.15, 0.2) is 0 Å². The Hall–Kier alpha value is -0.720. The fourth-order valence-electron chi connectivity index (χ4n) is 2.85. The zero-order chi connectivity index (χ0) is 13.8. The second-order valence-electron chi connectivity index (χ2n) is 5.82. The predicted molar refractivity (Wildman–Crippen MR) is 77.6 cm³/mol. The van der Waals surface area contributed by atoms with Gasteiger partial charge in [0.05, 0.1) is 6.10 Å². The molecule has 0 aliphatic heterocycles. The van der Waals surface area contributed by atoms with E-state index in [1.807, 2.05) is 0 Å². The summed E-state index contributed by atoms with van der Waals surface area (Å²) in [5, 5.41) is 9.50. The van der Waals surface area contributed by atoms with Gasteiger partial charge in [0, 0.05) is 0 Å². The summed E-state index contributed by atoms with van der Waals surface area (Å²) in [6, 6.07) is 0. The van der Waals surface area contributed by atoms with Gasteiger partial charge >= 0.3 is 0 Å². The van der Waals surface area contributed by atoms with Crippen LogP contribution >= 0.6 is 11.3 Å². The highest BCUT2D eigenvalue weighted by atomic mass is 32.1. The minimum atomic E-state index is 0.349. The van der Waals surface area contributed by atoms with Gasteiger partial charge in [-0.1, -0.05) is 38.5 Å². The van der Waals surface area contributed by atoms with Gasteiger partial charge in [-0.25, -0.2) is 5.84 Å². The summed E-state index contributed by atoms with van der Waals surface area (Å²) in [5.74, 6) is 7.40. The standard InChI is InChI=1S/C13H24N4OS/c1-8(2)10-5-4-9(3)6-11(10)18-7-12-16-17-13(15-14)19-12/h8-11H,4-7,14H2,1-3H3,(H,15,17). The summed E-state index contributed by atoms with van der Waals surface area (Å²) in [6.07, 6.45) is 4.10. The molecule has 6 heteroatoms. The van der Waals surface area contributed by atoms with E-state index in [1.54, 1.807) is 0 Å². The zero-order valence-corrected chi connectivity index (χ0v) is 12.7. The van der Waals surface area contributed by atoms with Gasteiger partial charge in [-0.15, -0.1) is 10.2 Å². The topological polar surface area (TPSA) is 73.1 Å². The van der Waals surface area contributed by atoms with E-state index in [-0.39, 0.29) is 0 Å². The molecule has 1 saturated carbocycles. The lowest BCUT2D eigenvalue weighted by Crippen LogP contribution is -2.34. The van der Waals surface area contributed by atoms with Crippen LogP contribution in [0.25, 0.3) is 0 Å². The molecule has 1 fully saturated rings. The monoisotopic (exact) mass is 284 g/mol. The van der Waals surface area contributed by atoms with E-state index < -0.39 is 0 Å². The summed E-state index contributed by atoms with van der Waals surface area (Å²) >= 11 is 1.45. The van der Waals surface area contributed by atoms with Gasteiger partial charge in [0.2, 0.25) is 5.13 Å². The summed E-state index contributed by atoms with van der Waals surface area (Å²) in [5.41, 5.74) is 2.51. The Morgan fingerprint density at radius 2 is 2.21 bits per heavy atom. The Morgan fingerprint density at radius 1 is 1.42 bits per heavy atom. The first-order valence-electron chi connectivity index (χ1n) is 7.00. The summed E-state index contributed by atoms with van der Waals surface area (Å²) < 4.78 is 6.11. The number of nitrogen functional groups attached to an aromatic ring is 1. The van der Waals surface area contributed by atoms with Gasteiger partial charge < -0.3 is 4.74 Å². The van der Waals surface area contributed by atoms with Crippen molar-refractivity contribution in [3.05, 3.63) is 5.01 Å². The maximum absolute atomic E-state index is 6.11. The van der Waals surface area contributed by atoms with Crippen molar-refractivity contribution in [1.82, 2.24) is 10.2 Å². The van der Waals surface area contributed by atoms with Crippen molar-refractivity contribution in [2.75, 3.05) is 5.43 Å². The van der Waals surface area contributed by atoms with Crippen LogP contribution in [0.2, 0.25) is 0 Å². The second kappa shape index (κ2) is 6.63. The molecule has 0 aromatic carbocycles. The Labute approximate surface area is 118 Å². The van der Waals surface area contributed by atoms with Crippen LogP contribution in [-0.4, -0.2) is 16.3 Å². The molecule has 1 aliphatic carbocycles. The van der Waals surface area contributed by atoms with E-state index in [9.17, 15) is 0 Å². The zero-order valence-electron chi connectivity index (χ0n) is 11.9. The number of nitrogens with one attached hydrogen (secondary N) is 1. The SMILES string of the molecule is CC1CCC(C(C)C)C(OCc2nnc(NN)s2)C1. The normalized spacial score (nSPS) is 27.7. The Bertz CT molecular complexity index is 396. The van der Waals surface area contributed by atoms with Crippen LogP contribution in [0.3, 0.4) is 0 Å². The lowest BCUT2D eigenvalue weighted by molar-refractivity contribution is -0.0474. The number of ether oxygens (including phenoxy) is 1. The average molecular weight is 284 g/mol. The Balaban J connectivity index is 1.91. The number of nitrogens with zero attached hydrogens (tertiary/aromatic N) is 2. The van der Waals surface area contributed by atoms with E-state index in [0.29, 0.717) is 29.7 Å². The summed E-state index contributed by atoms with van der Waals surface area (Å²) in [7, 11) is 0. The number of aromatic nitrogens is 2. The molecule has 5 nitrogen and oxygen atoms in total. The van der Waals surface area contributed by atoms with Crippen molar-refractivity contribution in [3.63, 3.8) is 0 Å². The lowest BCUT2D eigenvalue weighted by atomic mass is 9.75. The highest BCUT2D eigenvalue weighted by Gasteiger charge is 2.31. The molecule has 0 spiro atoms. The molecular weight excluding hydrogens is 260 g/mol. The first-order chi connectivity index (χ1) is 9.10. The molecule has 0 radical (unpaired) electrons. The van der Waals surface area contributed by atoms with Crippen LogP contribution in [0.5, 0.6) is 0 Å². The van der Waals surface area contributed by atoms with Gasteiger partial charge in [-0.05, 0) is 30.6 Å². The molecular formula is C13H24N4OS. The number of rotatable bonds is 5. The first kappa shape index (κ1) is 14.7. The van der Waals surface area contributed by atoms with Crippen molar-refractivity contribution >= 4 is 16.5 Å². The molecule has 0 saturated heterocycles. The number of nitrogens with two attached hydrogens (primary N) is 1. The number of hydrogen-bond acceptors (Lipinski definition) is 6. The number of anilines is 1. The van der Waals surface area contributed by atoms with Crippen molar-refractivity contribution in [2.24, 2.45) is 23.6 Å². The molecule has 108 valence electrons. The predicted octanol–water partition coefficient (Wildman–Crippen LogP) is 2.80. The maximum atomic E-state index is 6.11. The second-order valence-corrected chi connectivity index (χ2v) is 6.88. The highest BCUT2D eigenvalue weighted by Crippen LogP contribution is 2.35. The third kappa shape index (κ3) is 3.87. The van der Waals surface area contributed by atoms with Crippen molar-refractivity contribution in [1.29, 1.82) is 0 Å². The lowest BCUT2D eigenvalue weighted by Gasteiger charge is -2.37. The van der Waals surface area contributed by atoms with Crippen LogP contribution in [0.1, 0.15) is 45.0 Å².